The van der Waals surface area contributed by atoms with Gasteiger partial charge < -0.3 is 14.6 Å². The number of benzene rings is 3. The van der Waals surface area contributed by atoms with Crippen molar-refractivity contribution in [1.29, 1.82) is 5.26 Å². The summed E-state index contributed by atoms with van der Waals surface area (Å²) in [7, 11) is -2.12. The number of nitrogens with zero attached hydrogens (tertiary/aromatic N) is 4. The zero-order valence-electron chi connectivity index (χ0n) is 20.6. The van der Waals surface area contributed by atoms with Crippen LogP contribution in [0.1, 0.15) is 24.7 Å². The van der Waals surface area contributed by atoms with Gasteiger partial charge >= 0.3 is 5.97 Å². The molecule has 1 N–H and O–H groups in total. The Bertz CT molecular complexity index is 1540. The first-order valence-electron chi connectivity index (χ1n) is 11.8. The van der Waals surface area contributed by atoms with E-state index in [0.29, 0.717) is 23.3 Å². The summed E-state index contributed by atoms with van der Waals surface area (Å²) in [5.41, 5.74) is 3.20. The number of ether oxygens (including phenoxy) is 1. The maximum Gasteiger partial charge on any atom is 0.307 e. The minimum Gasteiger partial charge on any atom is -0.466 e. The van der Waals surface area contributed by atoms with Gasteiger partial charge in [-0.05, 0) is 61.5 Å². The van der Waals surface area contributed by atoms with Crippen LogP contribution < -0.4 is 9.62 Å². The zero-order valence-corrected chi connectivity index (χ0v) is 21.4. The molecule has 0 fully saturated rings. The number of nitriles is 1. The average Bonchev–Trinajstić information content (AvgIpc) is 3.23. The van der Waals surface area contributed by atoms with Crippen molar-refractivity contribution in [2.24, 2.45) is 7.05 Å². The van der Waals surface area contributed by atoms with E-state index in [0.717, 1.165) is 17.0 Å². The minimum atomic E-state index is -3.99. The Labute approximate surface area is 216 Å². The predicted molar refractivity (Wildman–Crippen MR) is 141 cm³/mol. The van der Waals surface area contributed by atoms with Crippen molar-refractivity contribution in [2.45, 2.75) is 24.8 Å². The highest BCUT2D eigenvalue weighted by molar-refractivity contribution is 7.92. The summed E-state index contributed by atoms with van der Waals surface area (Å²) in [6, 6.07) is 22.7. The molecule has 0 saturated heterocycles. The maximum atomic E-state index is 13.7. The molecule has 0 atom stereocenters. The number of anilines is 2. The highest BCUT2D eigenvalue weighted by Crippen LogP contribution is 2.27. The number of carbonyl (C=O) groups excluding carboxylic acids is 1. The first kappa shape index (κ1) is 25.7. The van der Waals surface area contributed by atoms with Gasteiger partial charge in [0.25, 0.3) is 10.0 Å². The fraction of sp³-hybridized carbons (Fsp3) is 0.222. The first-order chi connectivity index (χ1) is 17.8. The molecule has 10 heteroatoms. The molecule has 0 spiro atoms. The average molecular weight is 518 g/mol. The number of aromatic nitrogens is 2. The number of sulfonamides is 1. The van der Waals surface area contributed by atoms with Gasteiger partial charge in [0, 0.05) is 19.3 Å². The Morgan fingerprint density at radius 1 is 1.11 bits per heavy atom. The second-order valence-electron chi connectivity index (χ2n) is 8.25. The van der Waals surface area contributed by atoms with Gasteiger partial charge in [-0.2, -0.15) is 5.26 Å². The van der Waals surface area contributed by atoms with Crippen LogP contribution in [0.25, 0.3) is 11.0 Å². The number of nitrogens with one attached hydrogen (secondary N) is 1. The van der Waals surface area contributed by atoms with Crippen molar-refractivity contribution in [2.75, 3.05) is 22.8 Å². The maximum absolute atomic E-state index is 13.7. The van der Waals surface area contributed by atoms with Crippen LogP contribution >= 0.6 is 0 Å². The molecule has 1 heterocycles. The topological polar surface area (TPSA) is 117 Å². The first-order valence-corrected chi connectivity index (χ1v) is 13.2. The third-order valence-electron chi connectivity index (χ3n) is 5.87. The van der Waals surface area contributed by atoms with E-state index in [4.69, 9.17) is 10.00 Å². The molecule has 1 aromatic heterocycles. The number of para-hydroxylation sites is 1. The molecule has 190 valence electrons. The van der Waals surface area contributed by atoms with Crippen LogP contribution in [0.3, 0.4) is 0 Å². The monoisotopic (exact) mass is 517 g/mol. The molecule has 0 radical (unpaired) electrons. The minimum absolute atomic E-state index is 0.0504. The lowest BCUT2D eigenvalue weighted by molar-refractivity contribution is -0.142. The molecule has 0 aliphatic carbocycles. The predicted octanol–water partition coefficient (Wildman–Crippen LogP) is 4.21. The summed E-state index contributed by atoms with van der Waals surface area (Å²) in [6.07, 6.45) is -0.0705. The molecule has 0 unspecified atom stereocenters. The van der Waals surface area contributed by atoms with E-state index in [-0.39, 0.29) is 24.5 Å². The lowest BCUT2D eigenvalue weighted by Gasteiger charge is -2.24. The third kappa shape index (κ3) is 5.73. The Kier molecular flexibility index (Phi) is 7.74. The molecule has 0 aliphatic rings. The van der Waals surface area contributed by atoms with Gasteiger partial charge in [0.05, 0.1) is 52.8 Å². The van der Waals surface area contributed by atoms with Gasteiger partial charge in [-0.1, -0.05) is 18.2 Å². The molecule has 0 saturated carbocycles. The molecular weight excluding hydrogens is 490 g/mol. The van der Waals surface area contributed by atoms with E-state index >= 15 is 0 Å². The SMILES string of the molecule is CCOC(=O)CCN(c1ccccc1)S(=O)(=O)c1ccc2c(c1)nc(CNc1ccc(C#N)cc1)n2C. The van der Waals surface area contributed by atoms with Crippen molar-refractivity contribution < 1.29 is 17.9 Å². The summed E-state index contributed by atoms with van der Waals surface area (Å²) >= 11 is 0. The van der Waals surface area contributed by atoms with Gasteiger partial charge in [0.1, 0.15) is 5.82 Å². The van der Waals surface area contributed by atoms with E-state index in [1.165, 1.54) is 4.31 Å². The summed E-state index contributed by atoms with van der Waals surface area (Å²) in [5, 5.41) is 12.2. The molecule has 3 aromatic carbocycles. The van der Waals surface area contributed by atoms with Crippen molar-refractivity contribution in [1.82, 2.24) is 9.55 Å². The Balaban J connectivity index is 1.61. The van der Waals surface area contributed by atoms with Crippen LogP contribution in [-0.4, -0.2) is 37.1 Å². The molecule has 0 amide bonds. The van der Waals surface area contributed by atoms with Crippen LogP contribution in [-0.2, 0) is 33.1 Å². The van der Waals surface area contributed by atoms with E-state index in [9.17, 15) is 13.2 Å². The van der Waals surface area contributed by atoms with Crippen LogP contribution in [0, 0.1) is 11.3 Å². The normalized spacial score (nSPS) is 11.2. The number of carbonyl (C=O) groups is 1. The van der Waals surface area contributed by atoms with Gasteiger partial charge in [-0.15, -0.1) is 0 Å². The van der Waals surface area contributed by atoms with Crippen molar-refractivity contribution in [3.63, 3.8) is 0 Å². The summed E-state index contributed by atoms with van der Waals surface area (Å²) < 4.78 is 35.5. The second kappa shape index (κ2) is 11.1. The number of hydrogen-bond donors (Lipinski definition) is 1. The Hall–Kier alpha value is -4.36. The van der Waals surface area contributed by atoms with E-state index in [1.807, 2.05) is 23.7 Å². The molecule has 0 bridgehead atoms. The standard InChI is InChI=1S/C27H27N5O4S/c1-3-36-27(33)15-16-32(22-7-5-4-6-8-22)37(34,35)23-13-14-25-24(17-23)30-26(31(25)2)19-29-21-11-9-20(18-28)10-12-21/h4-14,17,29H,3,15-16,19H2,1-2H3. The molecule has 9 nitrogen and oxygen atoms in total. The van der Waals surface area contributed by atoms with E-state index < -0.39 is 16.0 Å². The number of hydrogen-bond acceptors (Lipinski definition) is 7. The van der Waals surface area contributed by atoms with E-state index in [1.54, 1.807) is 67.6 Å². The lowest BCUT2D eigenvalue weighted by Crippen LogP contribution is -2.33. The fourth-order valence-corrected chi connectivity index (χ4v) is 5.41. The highest BCUT2D eigenvalue weighted by Gasteiger charge is 2.26. The number of imidazole rings is 1. The summed E-state index contributed by atoms with van der Waals surface area (Å²) in [6.45, 7) is 2.30. The number of aryl methyl sites for hydroxylation is 1. The zero-order chi connectivity index (χ0) is 26.4. The van der Waals surface area contributed by atoms with Gasteiger partial charge in [0.2, 0.25) is 0 Å². The summed E-state index contributed by atoms with van der Waals surface area (Å²) in [5.74, 6) is 0.259. The number of esters is 1. The lowest BCUT2D eigenvalue weighted by atomic mass is 10.2. The van der Waals surface area contributed by atoms with Crippen LogP contribution in [0.2, 0.25) is 0 Å². The Morgan fingerprint density at radius 2 is 1.84 bits per heavy atom. The van der Waals surface area contributed by atoms with Crippen molar-refractivity contribution >= 4 is 38.4 Å². The largest absolute Gasteiger partial charge is 0.466 e. The molecule has 37 heavy (non-hydrogen) atoms. The molecule has 4 aromatic rings. The molecule has 4 rings (SSSR count). The van der Waals surface area contributed by atoms with E-state index in [2.05, 4.69) is 16.4 Å². The Morgan fingerprint density at radius 3 is 2.51 bits per heavy atom. The quantitative estimate of drug-likeness (QED) is 0.313. The second-order valence-corrected chi connectivity index (χ2v) is 10.1. The smallest absolute Gasteiger partial charge is 0.307 e. The van der Waals surface area contributed by atoms with Crippen LogP contribution in [0.15, 0.2) is 77.7 Å². The number of rotatable bonds is 10. The summed E-state index contributed by atoms with van der Waals surface area (Å²) in [4.78, 5) is 16.7. The van der Waals surface area contributed by atoms with Gasteiger partial charge in [-0.3, -0.25) is 9.10 Å². The van der Waals surface area contributed by atoms with Crippen molar-refractivity contribution in [3.8, 4) is 6.07 Å². The highest BCUT2D eigenvalue weighted by atomic mass is 32.2. The van der Waals surface area contributed by atoms with Crippen molar-refractivity contribution in [3.05, 3.63) is 84.2 Å². The van der Waals surface area contributed by atoms with Gasteiger partial charge in [0.15, 0.2) is 0 Å². The third-order valence-corrected chi connectivity index (χ3v) is 7.69. The molecule has 0 aliphatic heterocycles. The fourth-order valence-electron chi connectivity index (χ4n) is 3.93. The van der Waals surface area contributed by atoms with Crippen LogP contribution in [0.4, 0.5) is 11.4 Å². The number of fused-ring (bicyclic) bond motifs is 1. The van der Waals surface area contributed by atoms with Gasteiger partial charge in [-0.25, -0.2) is 13.4 Å². The molecular formula is C27H27N5O4S. The van der Waals surface area contributed by atoms with Crippen LogP contribution in [0.5, 0.6) is 0 Å².